The molecule has 18 heavy (non-hydrogen) atoms. The maximum Gasteiger partial charge on any atom is 0.168 e. The van der Waals surface area contributed by atoms with E-state index in [2.05, 4.69) is 15.4 Å². The van der Waals surface area contributed by atoms with Gasteiger partial charge in [0.1, 0.15) is 0 Å². The fraction of sp³-hybridized carbons (Fsp3) is 0.462. The van der Waals surface area contributed by atoms with Gasteiger partial charge in [0.25, 0.3) is 0 Å². The van der Waals surface area contributed by atoms with E-state index in [0.29, 0.717) is 5.02 Å². The van der Waals surface area contributed by atoms with Crippen LogP contribution in [0.2, 0.25) is 5.02 Å². The fourth-order valence-electron chi connectivity index (χ4n) is 2.34. The molecule has 2 aromatic rings. The van der Waals surface area contributed by atoms with Crippen molar-refractivity contribution in [2.24, 2.45) is 0 Å². The third-order valence-corrected chi connectivity index (χ3v) is 3.62. The fourth-order valence-corrected chi connectivity index (χ4v) is 2.50. The first kappa shape index (κ1) is 12.0. The first-order chi connectivity index (χ1) is 8.83. The lowest BCUT2D eigenvalue weighted by Crippen LogP contribution is -2.44. The molecule has 1 aliphatic rings. The second-order valence-electron chi connectivity index (χ2n) is 4.61. The summed E-state index contributed by atoms with van der Waals surface area (Å²) in [6, 6.07) is 5.69. The highest BCUT2D eigenvalue weighted by Crippen LogP contribution is 2.22. The van der Waals surface area contributed by atoms with Crippen molar-refractivity contribution in [1.29, 1.82) is 0 Å². The van der Waals surface area contributed by atoms with Gasteiger partial charge in [0.2, 0.25) is 0 Å². The zero-order chi connectivity index (χ0) is 12.4. The average molecular weight is 266 g/mol. The summed E-state index contributed by atoms with van der Waals surface area (Å²) < 4.78 is 5.30. The lowest BCUT2D eigenvalue weighted by Gasteiger charge is -2.26. The predicted octanol–water partition coefficient (Wildman–Crippen LogP) is 1.93. The van der Waals surface area contributed by atoms with E-state index in [-0.39, 0.29) is 0 Å². The summed E-state index contributed by atoms with van der Waals surface area (Å²) in [5.41, 5.74) is 1.80. The van der Waals surface area contributed by atoms with Gasteiger partial charge in [-0.15, -0.1) is 0 Å². The predicted molar refractivity (Wildman–Crippen MR) is 72.0 cm³/mol. The zero-order valence-electron chi connectivity index (χ0n) is 10.2. The van der Waals surface area contributed by atoms with Crippen LogP contribution in [0.1, 0.15) is 5.69 Å². The maximum absolute atomic E-state index is 5.92. The number of nitrogens with one attached hydrogen (secondary N) is 1. The highest BCUT2D eigenvalue weighted by Gasteiger charge is 2.12. The van der Waals surface area contributed by atoms with Crippen molar-refractivity contribution in [1.82, 2.24) is 15.4 Å². The molecule has 0 spiro atoms. The van der Waals surface area contributed by atoms with Crippen LogP contribution in [-0.4, -0.2) is 42.8 Å². The third-order valence-electron chi connectivity index (χ3n) is 3.38. The molecular formula is C13H16ClN3O. The Labute approximate surface area is 111 Å². The number of piperazine rings is 1. The Morgan fingerprint density at radius 1 is 1.33 bits per heavy atom. The molecule has 0 bridgehead atoms. The smallest absolute Gasteiger partial charge is 0.168 e. The molecule has 5 heteroatoms. The zero-order valence-corrected chi connectivity index (χ0v) is 10.9. The van der Waals surface area contributed by atoms with Gasteiger partial charge in [-0.25, -0.2) is 0 Å². The van der Waals surface area contributed by atoms with E-state index in [1.165, 1.54) is 0 Å². The number of aromatic nitrogens is 1. The van der Waals surface area contributed by atoms with Crippen LogP contribution in [0, 0.1) is 0 Å². The molecule has 2 heterocycles. The largest absolute Gasteiger partial charge is 0.356 e. The molecule has 0 radical (unpaired) electrons. The number of fused-ring (bicyclic) bond motifs is 1. The maximum atomic E-state index is 5.92. The SMILES string of the molecule is Clc1ccc2c(CCN3CCNCC3)noc2c1. The summed E-state index contributed by atoms with van der Waals surface area (Å²) in [5.74, 6) is 0. The Hall–Kier alpha value is -1.10. The normalized spacial score (nSPS) is 17.4. The quantitative estimate of drug-likeness (QED) is 0.921. The molecule has 1 aromatic carbocycles. The number of rotatable bonds is 3. The minimum atomic E-state index is 0.687. The summed E-state index contributed by atoms with van der Waals surface area (Å²) >= 11 is 5.92. The van der Waals surface area contributed by atoms with E-state index in [1.807, 2.05) is 18.2 Å². The highest BCUT2D eigenvalue weighted by molar-refractivity contribution is 6.31. The topological polar surface area (TPSA) is 41.3 Å². The van der Waals surface area contributed by atoms with Crippen molar-refractivity contribution in [2.75, 3.05) is 32.7 Å². The molecule has 0 atom stereocenters. The Balaban J connectivity index is 1.70. The molecule has 0 aliphatic carbocycles. The number of halogens is 1. The van der Waals surface area contributed by atoms with Crippen LogP contribution in [0.3, 0.4) is 0 Å². The van der Waals surface area contributed by atoms with Gasteiger partial charge in [-0.05, 0) is 12.1 Å². The first-order valence-electron chi connectivity index (χ1n) is 6.30. The van der Waals surface area contributed by atoms with Crippen LogP contribution in [-0.2, 0) is 6.42 Å². The van der Waals surface area contributed by atoms with Crippen molar-refractivity contribution >= 4 is 22.6 Å². The van der Waals surface area contributed by atoms with Gasteiger partial charge in [0.05, 0.1) is 5.69 Å². The van der Waals surface area contributed by atoms with Crippen LogP contribution in [0.4, 0.5) is 0 Å². The van der Waals surface area contributed by atoms with E-state index in [1.54, 1.807) is 0 Å². The Morgan fingerprint density at radius 2 is 2.17 bits per heavy atom. The van der Waals surface area contributed by atoms with E-state index < -0.39 is 0 Å². The molecule has 4 nitrogen and oxygen atoms in total. The first-order valence-corrected chi connectivity index (χ1v) is 6.67. The van der Waals surface area contributed by atoms with E-state index in [0.717, 1.165) is 55.8 Å². The molecule has 1 aromatic heterocycles. The molecule has 3 rings (SSSR count). The van der Waals surface area contributed by atoms with Crippen molar-refractivity contribution in [2.45, 2.75) is 6.42 Å². The standard InChI is InChI=1S/C13H16ClN3O/c14-10-1-2-11-12(16-18-13(11)9-10)3-6-17-7-4-15-5-8-17/h1-2,9,15H,3-8H2. The van der Waals surface area contributed by atoms with E-state index in [4.69, 9.17) is 16.1 Å². The molecular weight excluding hydrogens is 250 g/mol. The molecule has 1 fully saturated rings. The van der Waals surface area contributed by atoms with Crippen molar-refractivity contribution in [3.05, 3.63) is 28.9 Å². The number of benzene rings is 1. The lowest BCUT2D eigenvalue weighted by atomic mass is 10.1. The van der Waals surface area contributed by atoms with Crippen LogP contribution in [0.15, 0.2) is 22.7 Å². The highest BCUT2D eigenvalue weighted by atomic mass is 35.5. The number of hydrogen-bond acceptors (Lipinski definition) is 4. The second-order valence-corrected chi connectivity index (χ2v) is 5.05. The number of nitrogens with zero attached hydrogens (tertiary/aromatic N) is 2. The van der Waals surface area contributed by atoms with Gasteiger partial charge in [0, 0.05) is 55.6 Å². The van der Waals surface area contributed by atoms with Crippen LogP contribution in [0.25, 0.3) is 11.0 Å². The Morgan fingerprint density at radius 3 is 3.00 bits per heavy atom. The third kappa shape index (κ3) is 2.51. The Kier molecular flexibility index (Phi) is 3.50. The van der Waals surface area contributed by atoms with Gasteiger partial charge in [-0.3, -0.25) is 0 Å². The van der Waals surface area contributed by atoms with Crippen molar-refractivity contribution in [3.63, 3.8) is 0 Å². The summed E-state index contributed by atoms with van der Waals surface area (Å²) in [6.07, 6.45) is 0.925. The van der Waals surface area contributed by atoms with Crippen molar-refractivity contribution in [3.8, 4) is 0 Å². The minimum Gasteiger partial charge on any atom is -0.356 e. The number of hydrogen-bond donors (Lipinski definition) is 1. The van der Waals surface area contributed by atoms with Crippen LogP contribution < -0.4 is 5.32 Å². The van der Waals surface area contributed by atoms with Gasteiger partial charge in [-0.1, -0.05) is 16.8 Å². The van der Waals surface area contributed by atoms with Crippen LogP contribution in [0.5, 0.6) is 0 Å². The molecule has 96 valence electrons. The minimum absolute atomic E-state index is 0.687. The van der Waals surface area contributed by atoms with Crippen molar-refractivity contribution < 1.29 is 4.52 Å². The Bertz CT molecular complexity index is 534. The van der Waals surface area contributed by atoms with Gasteiger partial charge < -0.3 is 14.7 Å². The summed E-state index contributed by atoms with van der Waals surface area (Å²) in [5, 5.41) is 9.26. The van der Waals surface area contributed by atoms with Gasteiger partial charge in [-0.2, -0.15) is 0 Å². The van der Waals surface area contributed by atoms with Gasteiger partial charge >= 0.3 is 0 Å². The summed E-state index contributed by atoms with van der Waals surface area (Å²) in [7, 11) is 0. The van der Waals surface area contributed by atoms with Gasteiger partial charge in [0.15, 0.2) is 5.58 Å². The average Bonchev–Trinajstić information content (AvgIpc) is 2.80. The monoisotopic (exact) mass is 265 g/mol. The molecule has 0 unspecified atom stereocenters. The lowest BCUT2D eigenvalue weighted by molar-refractivity contribution is 0.242. The molecule has 1 N–H and O–H groups in total. The van der Waals surface area contributed by atoms with Crippen LogP contribution >= 0.6 is 11.6 Å². The van der Waals surface area contributed by atoms with E-state index in [9.17, 15) is 0 Å². The molecule has 1 saturated heterocycles. The summed E-state index contributed by atoms with van der Waals surface area (Å²) in [6.45, 7) is 5.42. The second kappa shape index (κ2) is 5.26. The molecule has 0 amide bonds. The molecule has 1 aliphatic heterocycles. The molecule has 0 saturated carbocycles. The van der Waals surface area contributed by atoms with E-state index >= 15 is 0 Å². The summed E-state index contributed by atoms with van der Waals surface area (Å²) in [4.78, 5) is 2.45.